The Balaban J connectivity index is 1.73. The lowest BCUT2D eigenvalue weighted by Crippen LogP contribution is -2.29. The van der Waals surface area contributed by atoms with Gasteiger partial charge in [-0.05, 0) is 11.1 Å². The van der Waals surface area contributed by atoms with Gasteiger partial charge >= 0.3 is 0 Å². The Kier molecular flexibility index (Phi) is 4.29. The fourth-order valence-corrected chi connectivity index (χ4v) is 3.16. The molecule has 7 nitrogen and oxygen atoms in total. The van der Waals surface area contributed by atoms with Gasteiger partial charge in [0, 0.05) is 51.1 Å². The number of carbonyl (C=O) groups is 1. The predicted octanol–water partition coefficient (Wildman–Crippen LogP) is 0.525. The Morgan fingerprint density at radius 1 is 1.39 bits per heavy atom. The number of hydrogen-bond acceptors (Lipinski definition) is 5. The molecule has 0 radical (unpaired) electrons. The second-order valence-electron chi connectivity index (χ2n) is 5.97. The van der Waals surface area contributed by atoms with Gasteiger partial charge in [0.25, 0.3) is 0 Å². The molecule has 0 aromatic carbocycles. The Morgan fingerprint density at radius 3 is 2.78 bits per heavy atom. The van der Waals surface area contributed by atoms with Gasteiger partial charge in [-0.3, -0.25) is 14.4 Å². The molecule has 2 atom stereocenters. The van der Waals surface area contributed by atoms with Crippen molar-refractivity contribution in [2.75, 3.05) is 20.2 Å². The van der Waals surface area contributed by atoms with Crippen molar-refractivity contribution in [1.29, 1.82) is 0 Å². The summed E-state index contributed by atoms with van der Waals surface area (Å²) in [5.74, 6) is 0.241. The fraction of sp³-hybridized carbons (Fsp3) is 0.438. The van der Waals surface area contributed by atoms with Crippen LogP contribution in [-0.4, -0.2) is 45.8 Å². The van der Waals surface area contributed by atoms with E-state index in [1.165, 1.54) is 0 Å². The molecular formula is C16H21N5O2. The Labute approximate surface area is 135 Å². The smallest absolute Gasteiger partial charge is 0.222 e. The lowest BCUT2D eigenvalue weighted by atomic mass is 9.90. The number of primary amides is 1. The zero-order valence-electron chi connectivity index (χ0n) is 13.3. The molecule has 23 heavy (non-hydrogen) atoms. The van der Waals surface area contributed by atoms with Crippen LogP contribution in [0.1, 0.15) is 17.0 Å². The minimum atomic E-state index is -0.255. The fourth-order valence-electron chi connectivity index (χ4n) is 3.16. The number of likely N-dealkylation sites (tertiary alicyclic amines) is 1. The van der Waals surface area contributed by atoms with Crippen LogP contribution in [0.25, 0.3) is 0 Å². The van der Waals surface area contributed by atoms with Crippen LogP contribution in [0.2, 0.25) is 0 Å². The van der Waals surface area contributed by atoms with E-state index in [4.69, 9.17) is 10.5 Å². The lowest BCUT2D eigenvalue weighted by molar-refractivity contribution is -0.121. The maximum atomic E-state index is 11.8. The van der Waals surface area contributed by atoms with E-state index >= 15 is 0 Å². The van der Waals surface area contributed by atoms with Crippen molar-refractivity contribution >= 4 is 5.91 Å². The van der Waals surface area contributed by atoms with E-state index in [9.17, 15) is 4.79 Å². The monoisotopic (exact) mass is 315 g/mol. The van der Waals surface area contributed by atoms with Crippen LogP contribution in [0.4, 0.5) is 0 Å². The molecule has 1 fully saturated rings. The number of pyridine rings is 1. The average Bonchev–Trinajstić information content (AvgIpc) is 3.14. The molecule has 3 heterocycles. The molecule has 1 saturated heterocycles. The van der Waals surface area contributed by atoms with Crippen molar-refractivity contribution in [2.45, 2.75) is 12.5 Å². The number of nitrogens with two attached hydrogens (primary N) is 1. The highest BCUT2D eigenvalue weighted by atomic mass is 16.5. The molecule has 3 rings (SSSR count). The van der Waals surface area contributed by atoms with E-state index in [0.717, 1.165) is 24.2 Å². The second-order valence-corrected chi connectivity index (χ2v) is 5.97. The Bertz CT molecular complexity index is 682. The van der Waals surface area contributed by atoms with Gasteiger partial charge < -0.3 is 10.5 Å². The van der Waals surface area contributed by atoms with Crippen LogP contribution in [0, 0.1) is 5.92 Å². The van der Waals surface area contributed by atoms with Gasteiger partial charge in [-0.25, -0.2) is 4.98 Å². The number of nitrogens with zero attached hydrogens (tertiary/aromatic N) is 4. The highest BCUT2D eigenvalue weighted by molar-refractivity contribution is 5.78. The molecule has 122 valence electrons. The summed E-state index contributed by atoms with van der Waals surface area (Å²) in [6, 6.07) is 3.83. The first-order valence-corrected chi connectivity index (χ1v) is 7.56. The van der Waals surface area contributed by atoms with Gasteiger partial charge in [0.15, 0.2) is 0 Å². The normalized spacial score (nSPS) is 21.5. The van der Waals surface area contributed by atoms with Crippen LogP contribution in [0.15, 0.2) is 30.7 Å². The van der Waals surface area contributed by atoms with Crippen molar-refractivity contribution < 1.29 is 9.53 Å². The summed E-state index contributed by atoms with van der Waals surface area (Å²) in [7, 11) is 3.47. The number of ether oxygens (including phenoxy) is 1. The minimum Gasteiger partial charge on any atom is -0.481 e. The van der Waals surface area contributed by atoms with Crippen LogP contribution in [0.5, 0.6) is 5.88 Å². The molecule has 2 N–H and O–H groups in total. The zero-order chi connectivity index (χ0) is 16.4. The van der Waals surface area contributed by atoms with Gasteiger partial charge in [-0.15, -0.1) is 0 Å². The lowest BCUT2D eigenvalue weighted by Gasteiger charge is -2.15. The Morgan fingerprint density at radius 2 is 2.22 bits per heavy atom. The first kappa shape index (κ1) is 15.5. The van der Waals surface area contributed by atoms with E-state index < -0.39 is 0 Å². The number of amides is 1. The van der Waals surface area contributed by atoms with E-state index in [0.29, 0.717) is 12.4 Å². The summed E-state index contributed by atoms with van der Waals surface area (Å²) in [6.07, 6.45) is 5.58. The summed E-state index contributed by atoms with van der Waals surface area (Å²) < 4.78 is 6.82. The summed E-state index contributed by atoms with van der Waals surface area (Å²) in [4.78, 5) is 18.3. The molecule has 7 heteroatoms. The van der Waals surface area contributed by atoms with E-state index in [1.807, 2.05) is 31.6 Å². The van der Waals surface area contributed by atoms with Crippen molar-refractivity contribution in [3.05, 3.63) is 41.9 Å². The quantitative estimate of drug-likeness (QED) is 0.869. The number of carbonyl (C=O) groups excluding carboxylic acids is 1. The van der Waals surface area contributed by atoms with Gasteiger partial charge in [-0.2, -0.15) is 5.10 Å². The molecule has 1 aliphatic rings. The van der Waals surface area contributed by atoms with E-state index in [2.05, 4.69) is 15.0 Å². The summed E-state index contributed by atoms with van der Waals surface area (Å²) >= 11 is 0. The molecule has 0 bridgehead atoms. The van der Waals surface area contributed by atoms with Gasteiger partial charge in [0.1, 0.15) is 0 Å². The number of rotatable bonds is 5. The summed E-state index contributed by atoms with van der Waals surface area (Å²) in [5.41, 5.74) is 7.75. The van der Waals surface area contributed by atoms with Crippen LogP contribution >= 0.6 is 0 Å². The van der Waals surface area contributed by atoms with Gasteiger partial charge in [0.05, 0.1) is 19.2 Å². The molecule has 1 amide bonds. The third kappa shape index (κ3) is 3.34. The SMILES string of the molecule is COc1ccc(CN2C[C@H](C(N)=O)[C@@H](c3cnn(C)c3)C2)cn1. The number of hydrogen-bond donors (Lipinski definition) is 1. The minimum absolute atomic E-state index is 0.0902. The standard InChI is InChI=1S/C16H21N5O2/c1-20-8-12(6-19-20)13-9-21(10-14(13)16(17)22)7-11-3-4-15(23-2)18-5-11/h3-6,8,13-14H,7,9-10H2,1-2H3,(H2,17,22)/t13-,14+/m1/s1. The first-order chi connectivity index (χ1) is 11.1. The molecular weight excluding hydrogens is 294 g/mol. The predicted molar refractivity (Wildman–Crippen MR) is 84.7 cm³/mol. The molecule has 0 spiro atoms. The molecule has 2 aromatic heterocycles. The van der Waals surface area contributed by atoms with E-state index in [-0.39, 0.29) is 17.7 Å². The molecule has 1 aliphatic heterocycles. The molecule has 2 aromatic rings. The molecule has 0 aliphatic carbocycles. The van der Waals surface area contributed by atoms with Crippen molar-refractivity contribution in [3.63, 3.8) is 0 Å². The van der Waals surface area contributed by atoms with Crippen LogP contribution < -0.4 is 10.5 Å². The van der Waals surface area contributed by atoms with Gasteiger partial charge in [0.2, 0.25) is 11.8 Å². The van der Waals surface area contributed by atoms with Crippen molar-refractivity contribution in [2.24, 2.45) is 18.7 Å². The van der Waals surface area contributed by atoms with Crippen LogP contribution in [-0.2, 0) is 18.4 Å². The van der Waals surface area contributed by atoms with Crippen LogP contribution in [0.3, 0.4) is 0 Å². The van der Waals surface area contributed by atoms with Crippen molar-refractivity contribution in [3.8, 4) is 5.88 Å². The topological polar surface area (TPSA) is 86.3 Å². The maximum absolute atomic E-state index is 11.8. The number of aromatic nitrogens is 3. The summed E-state index contributed by atoms with van der Waals surface area (Å²) in [6.45, 7) is 2.17. The van der Waals surface area contributed by atoms with E-state index in [1.54, 1.807) is 18.0 Å². The van der Waals surface area contributed by atoms with Gasteiger partial charge in [-0.1, -0.05) is 6.07 Å². The third-order valence-electron chi connectivity index (χ3n) is 4.33. The highest BCUT2D eigenvalue weighted by Gasteiger charge is 2.37. The summed E-state index contributed by atoms with van der Waals surface area (Å²) in [5, 5.41) is 4.21. The maximum Gasteiger partial charge on any atom is 0.222 e. The number of aryl methyl sites for hydroxylation is 1. The average molecular weight is 315 g/mol. The second kappa shape index (κ2) is 6.37. The zero-order valence-corrected chi connectivity index (χ0v) is 13.3. The molecule has 0 saturated carbocycles. The number of methoxy groups -OCH3 is 1. The third-order valence-corrected chi connectivity index (χ3v) is 4.33. The largest absolute Gasteiger partial charge is 0.481 e. The first-order valence-electron chi connectivity index (χ1n) is 7.56. The highest BCUT2D eigenvalue weighted by Crippen LogP contribution is 2.33. The van der Waals surface area contributed by atoms with Crippen molar-refractivity contribution in [1.82, 2.24) is 19.7 Å². The molecule has 0 unspecified atom stereocenters. The Hall–Kier alpha value is -2.41.